The maximum absolute atomic E-state index is 12.1. The molecule has 0 saturated carbocycles. The average molecular weight is 339 g/mol. The highest BCUT2D eigenvalue weighted by atomic mass is 31.2. The Labute approximate surface area is 135 Å². The van der Waals surface area contributed by atoms with E-state index in [2.05, 4.69) is 11.7 Å². The van der Waals surface area contributed by atoms with Crippen molar-refractivity contribution in [2.75, 3.05) is 13.2 Å². The molecule has 8 heteroatoms. The highest BCUT2D eigenvalue weighted by molar-refractivity contribution is 7.51. The Morgan fingerprint density at radius 1 is 1.35 bits per heavy atom. The maximum Gasteiger partial charge on any atom is 0.456 e. The van der Waals surface area contributed by atoms with Gasteiger partial charge in [-0.2, -0.15) is 0 Å². The number of hydrogen-bond acceptors (Lipinski definition) is 6. The first-order valence-corrected chi connectivity index (χ1v) is 8.45. The van der Waals surface area contributed by atoms with Gasteiger partial charge in [0.2, 0.25) is 0 Å². The van der Waals surface area contributed by atoms with Gasteiger partial charge in [0.15, 0.2) is 0 Å². The van der Waals surface area contributed by atoms with Crippen LogP contribution in [0.5, 0.6) is 5.75 Å². The molecule has 0 aliphatic rings. The van der Waals surface area contributed by atoms with E-state index in [-0.39, 0.29) is 18.9 Å². The zero-order valence-corrected chi connectivity index (χ0v) is 14.1. The number of nitrogens with two attached hydrogens (primary N) is 2. The smallest absolute Gasteiger partial charge is 0.456 e. The number of rotatable bonds is 8. The van der Waals surface area contributed by atoms with Crippen LogP contribution in [0.3, 0.4) is 0 Å². The van der Waals surface area contributed by atoms with Crippen LogP contribution in [0.2, 0.25) is 0 Å². The van der Waals surface area contributed by atoms with Gasteiger partial charge in [0.05, 0.1) is 12.3 Å². The Bertz CT molecular complexity index is 656. The van der Waals surface area contributed by atoms with E-state index in [1.54, 1.807) is 44.2 Å². The highest BCUT2D eigenvalue weighted by Gasteiger charge is 2.21. The molecular formula is C15H22N3O4P. The molecule has 23 heavy (non-hydrogen) atoms. The fourth-order valence-corrected chi connectivity index (χ4v) is 2.54. The van der Waals surface area contributed by atoms with Crippen LogP contribution in [0.25, 0.3) is 0 Å². The third-order valence-corrected chi connectivity index (χ3v) is 3.98. The SMILES string of the molecule is C=N/C(C)=C(O)\C(CN)=C(/C)COP(N)(=O)Oc1ccccc1. The van der Waals surface area contributed by atoms with Crippen molar-refractivity contribution in [3.63, 3.8) is 0 Å². The molecule has 0 aliphatic heterocycles. The molecule has 1 aromatic carbocycles. The molecule has 0 aliphatic carbocycles. The number of benzene rings is 1. The molecule has 1 atom stereocenters. The zero-order valence-electron chi connectivity index (χ0n) is 13.2. The van der Waals surface area contributed by atoms with Gasteiger partial charge in [-0.3, -0.25) is 9.52 Å². The van der Waals surface area contributed by atoms with Crippen molar-refractivity contribution in [1.82, 2.24) is 0 Å². The van der Waals surface area contributed by atoms with Gasteiger partial charge >= 0.3 is 7.75 Å². The molecule has 0 heterocycles. The molecule has 1 rings (SSSR count). The summed E-state index contributed by atoms with van der Waals surface area (Å²) < 4.78 is 22.4. The quantitative estimate of drug-likeness (QED) is 0.290. The van der Waals surface area contributed by atoms with E-state index in [1.165, 1.54) is 0 Å². The lowest BCUT2D eigenvalue weighted by Gasteiger charge is -2.16. The number of para-hydroxylation sites is 1. The van der Waals surface area contributed by atoms with Crippen LogP contribution in [0, 0.1) is 0 Å². The monoisotopic (exact) mass is 339 g/mol. The second-order valence-corrected chi connectivity index (χ2v) is 6.29. The van der Waals surface area contributed by atoms with E-state index in [1.807, 2.05) is 0 Å². The minimum absolute atomic E-state index is 0.0578. The fourth-order valence-electron chi connectivity index (χ4n) is 1.69. The van der Waals surface area contributed by atoms with E-state index in [4.69, 9.17) is 20.3 Å². The van der Waals surface area contributed by atoms with Gasteiger partial charge in [0.25, 0.3) is 0 Å². The lowest BCUT2D eigenvalue weighted by molar-refractivity contribution is 0.285. The number of aliphatic hydroxyl groups is 1. The van der Waals surface area contributed by atoms with Crippen molar-refractivity contribution >= 4 is 14.5 Å². The molecular weight excluding hydrogens is 317 g/mol. The predicted octanol–water partition coefficient (Wildman–Crippen LogP) is 2.91. The minimum Gasteiger partial charge on any atom is -0.506 e. The van der Waals surface area contributed by atoms with Gasteiger partial charge in [0, 0.05) is 12.1 Å². The van der Waals surface area contributed by atoms with Gasteiger partial charge < -0.3 is 15.4 Å². The third kappa shape index (κ3) is 6.00. The van der Waals surface area contributed by atoms with E-state index < -0.39 is 7.75 Å². The van der Waals surface area contributed by atoms with Gasteiger partial charge in [-0.1, -0.05) is 18.2 Å². The Hall–Kier alpha value is -1.92. The second kappa shape index (κ2) is 8.64. The van der Waals surface area contributed by atoms with Crippen molar-refractivity contribution in [2.24, 2.45) is 16.2 Å². The normalized spacial score (nSPS) is 16.0. The largest absolute Gasteiger partial charge is 0.506 e. The third-order valence-electron chi connectivity index (χ3n) is 3.02. The summed E-state index contributed by atoms with van der Waals surface area (Å²) in [7, 11) is -3.79. The van der Waals surface area contributed by atoms with Crippen molar-refractivity contribution < 1.29 is 18.7 Å². The summed E-state index contributed by atoms with van der Waals surface area (Å²) in [5, 5.41) is 10.0. The summed E-state index contributed by atoms with van der Waals surface area (Å²) in [6, 6.07) is 8.47. The van der Waals surface area contributed by atoms with Crippen LogP contribution < -0.4 is 15.8 Å². The molecule has 1 unspecified atom stereocenters. The highest BCUT2D eigenvalue weighted by Crippen LogP contribution is 2.40. The Morgan fingerprint density at radius 2 is 1.96 bits per heavy atom. The first-order valence-electron chi connectivity index (χ1n) is 6.84. The molecule has 5 N–H and O–H groups in total. The predicted molar refractivity (Wildman–Crippen MR) is 91.4 cm³/mol. The van der Waals surface area contributed by atoms with Crippen molar-refractivity contribution in [1.29, 1.82) is 0 Å². The molecule has 7 nitrogen and oxygen atoms in total. The van der Waals surface area contributed by atoms with Crippen LogP contribution in [-0.4, -0.2) is 25.0 Å². The van der Waals surface area contributed by atoms with E-state index in [0.29, 0.717) is 22.6 Å². The van der Waals surface area contributed by atoms with Crippen molar-refractivity contribution in [2.45, 2.75) is 13.8 Å². The van der Waals surface area contributed by atoms with Crippen LogP contribution in [0.4, 0.5) is 0 Å². The summed E-state index contributed by atoms with van der Waals surface area (Å²) in [4.78, 5) is 3.65. The van der Waals surface area contributed by atoms with E-state index in [9.17, 15) is 9.67 Å². The summed E-state index contributed by atoms with van der Waals surface area (Å²) in [5.41, 5.74) is 12.5. The van der Waals surface area contributed by atoms with Gasteiger partial charge in [-0.25, -0.2) is 10.1 Å². The molecule has 0 bridgehead atoms. The molecule has 0 saturated heterocycles. The summed E-state index contributed by atoms with van der Waals surface area (Å²) >= 11 is 0. The molecule has 1 aromatic rings. The first-order chi connectivity index (χ1) is 10.8. The second-order valence-electron chi connectivity index (χ2n) is 4.77. The van der Waals surface area contributed by atoms with Crippen molar-refractivity contribution in [3.8, 4) is 5.75 Å². The maximum atomic E-state index is 12.1. The van der Waals surface area contributed by atoms with Gasteiger partial charge in [-0.05, 0) is 38.3 Å². The number of nitrogens with zero attached hydrogens (tertiary/aromatic N) is 1. The number of aliphatic imine (C=N–C) groups is 1. The standard InChI is InChI=1S/C15H22N3O4P/c1-11(14(9-16)15(19)12(2)18-3)10-21-23(17,20)22-13-7-5-4-6-8-13/h4-8,19H,3,9-10,16H2,1-2H3,(H2,17,20)/b14-11+,15-12+. The van der Waals surface area contributed by atoms with Crippen LogP contribution in [0.15, 0.2) is 57.9 Å². The van der Waals surface area contributed by atoms with Gasteiger partial charge in [0.1, 0.15) is 11.5 Å². The lowest BCUT2D eigenvalue weighted by atomic mass is 10.1. The lowest BCUT2D eigenvalue weighted by Crippen LogP contribution is -2.13. The Kier molecular flexibility index (Phi) is 7.19. The molecule has 126 valence electrons. The Balaban J connectivity index is 2.83. The molecule has 0 amide bonds. The van der Waals surface area contributed by atoms with Crippen molar-refractivity contribution in [3.05, 3.63) is 52.9 Å². The summed E-state index contributed by atoms with van der Waals surface area (Å²) in [5.74, 6) is 0.257. The molecule has 0 spiro atoms. The number of aliphatic hydroxyl groups excluding tert-OH is 1. The summed E-state index contributed by atoms with van der Waals surface area (Å²) in [6.45, 7) is 6.56. The molecule has 0 radical (unpaired) electrons. The molecule has 0 fully saturated rings. The minimum atomic E-state index is -3.79. The average Bonchev–Trinajstić information content (AvgIpc) is 2.53. The van der Waals surface area contributed by atoms with Gasteiger partial charge in [-0.15, -0.1) is 0 Å². The van der Waals surface area contributed by atoms with E-state index in [0.717, 1.165) is 0 Å². The first kappa shape index (κ1) is 19.1. The zero-order chi connectivity index (χ0) is 17.5. The fraction of sp³-hybridized carbons (Fsp3) is 0.267. The van der Waals surface area contributed by atoms with E-state index >= 15 is 0 Å². The molecule has 0 aromatic heterocycles. The van der Waals surface area contributed by atoms with Crippen LogP contribution >= 0.6 is 7.75 Å². The summed E-state index contributed by atoms with van der Waals surface area (Å²) in [6.07, 6.45) is 0. The number of hydrogen-bond donors (Lipinski definition) is 3. The topological polar surface area (TPSA) is 120 Å². The Morgan fingerprint density at radius 3 is 2.48 bits per heavy atom. The van der Waals surface area contributed by atoms with Crippen LogP contribution in [0.1, 0.15) is 13.8 Å². The van der Waals surface area contributed by atoms with Crippen LogP contribution in [-0.2, 0) is 9.09 Å². The number of allylic oxidation sites excluding steroid dienone is 1.